The quantitative estimate of drug-likeness (QED) is 0.640. The topological polar surface area (TPSA) is 76.2 Å². The Bertz CT molecular complexity index is 457. The van der Waals surface area contributed by atoms with E-state index in [9.17, 15) is 10.1 Å². The summed E-state index contributed by atoms with van der Waals surface area (Å²) in [5, 5.41) is 18.6. The van der Waals surface area contributed by atoms with Gasteiger partial charge in [-0.25, -0.2) is 4.68 Å². The summed E-state index contributed by atoms with van der Waals surface area (Å²) in [7, 11) is 3.80. The minimum Gasteiger partial charge on any atom is -0.360 e. The smallest absolute Gasteiger partial charge is 0.333 e. The summed E-state index contributed by atoms with van der Waals surface area (Å²) < 4.78 is 1.58. The lowest BCUT2D eigenvalue weighted by Crippen LogP contribution is -2.25. The van der Waals surface area contributed by atoms with Crippen molar-refractivity contribution in [3.63, 3.8) is 0 Å². The zero-order chi connectivity index (χ0) is 13.3. The predicted octanol–water partition coefficient (Wildman–Crippen LogP) is 1.01. The molecule has 1 aliphatic heterocycles. The zero-order valence-electron chi connectivity index (χ0n) is 11.0. The summed E-state index contributed by atoms with van der Waals surface area (Å²) in [5.41, 5.74) is 0.658. The van der Waals surface area contributed by atoms with Gasteiger partial charge in [-0.3, -0.25) is 10.1 Å². The molecule has 1 aromatic rings. The first-order valence-electron chi connectivity index (χ1n) is 6.18. The van der Waals surface area contributed by atoms with Crippen molar-refractivity contribution in [3.8, 4) is 0 Å². The number of rotatable bonds is 4. The second-order valence-corrected chi connectivity index (χ2v) is 4.77. The Labute approximate surface area is 106 Å². The molecule has 1 unspecified atom stereocenters. The van der Waals surface area contributed by atoms with E-state index in [0.717, 1.165) is 19.5 Å². The van der Waals surface area contributed by atoms with Crippen molar-refractivity contribution < 1.29 is 4.92 Å². The van der Waals surface area contributed by atoms with Crippen molar-refractivity contribution in [2.45, 2.75) is 25.8 Å². The van der Waals surface area contributed by atoms with Crippen molar-refractivity contribution in [1.29, 1.82) is 0 Å². The number of nitrogens with one attached hydrogen (secondary N) is 1. The normalized spacial score (nSPS) is 20.3. The van der Waals surface area contributed by atoms with Crippen molar-refractivity contribution in [1.82, 2.24) is 14.7 Å². The number of hydrogen-bond donors (Lipinski definition) is 1. The van der Waals surface area contributed by atoms with E-state index in [1.807, 2.05) is 6.92 Å². The highest BCUT2D eigenvalue weighted by molar-refractivity contribution is 5.60. The van der Waals surface area contributed by atoms with Gasteiger partial charge in [-0.15, -0.1) is 0 Å². The van der Waals surface area contributed by atoms with E-state index in [4.69, 9.17) is 0 Å². The molecule has 0 aliphatic carbocycles. The molecular formula is C11H19N5O2. The van der Waals surface area contributed by atoms with Crippen molar-refractivity contribution in [3.05, 3.63) is 15.8 Å². The van der Waals surface area contributed by atoms with Gasteiger partial charge < -0.3 is 10.2 Å². The second-order valence-electron chi connectivity index (χ2n) is 4.77. The lowest BCUT2D eigenvalue weighted by atomic mass is 10.2. The summed E-state index contributed by atoms with van der Waals surface area (Å²) in [4.78, 5) is 13.0. The number of hydrogen-bond acceptors (Lipinski definition) is 5. The summed E-state index contributed by atoms with van der Waals surface area (Å²) in [6.07, 6.45) is 1.57. The maximum atomic E-state index is 11.2. The molecule has 100 valence electrons. The Morgan fingerprint density at radius 3 is 2.78 bits per heavy atom. The van der Waals surface area contributed by atoms with Crippen LogP contribution in [0.5, 0.6) is 0 Å². The minimum absolute atomic E-state index is 0.120. The average molecular weight is 253 g/mol. The fraction of sp³-hybridized carbons (Fsp3) is 0.727. The highest BCUT2D eigenvalue weighted by Gasteiger charge is 2.29. The molecule has 0 spiro atoms. The molecule has 18 heavy (non-hydrogen) atoms. The number of likely N-dealkylation sites (tertiary alicyclic amines) is 1. The van der Waals surface area contributed by atoms with Gasteiger partial charge in [0.15, 0.2) is 0 Å². The molecule has 1 aromatic heterocycles. The fourth-order valence-corrected chi connectivity index (χ4v) is 2.41. The molecule has 1 saturated heterocycles. The van der Waals surface area contributed by atoms with E-state index in [1.165, 1.54) is 0 Å². The number of nitro groups is 1. The highest BCUT2D eigenvalue weighted by atomic mass is 16.6. The molecule has 0 saturated carbocycles. The predicted molar refractivity (Wildman–Crippen MR) is 68.8 cm³/mol. The minimum atomic E-state index is -0.340. The number of aromatic nitrogens is 2. The number of aryl methyl sites for hydroxylation is 2. The van der Waals surface area contributed by atoms with E-state index in [-0.39, 0.29) is 16.7 Å². The summed E-state index contributed by atoms with van der Waals surface area (Å²) in [5.74, 6) is 0.525. The molecule has 1 fully saturated rings. The molecule has 2 heterocycles. The summed E-state index contributed by atoms with van der Waals surface area (Å²) in [6.45, 7) is 3.80. The van der Waals surface area contributed by atoms with Crippen molar-refractivity contribution in [2.24, 2.45) is 7.05 Å². The van der Waals surface area contributed by atoms with Crippen LogP contribution in [0.2, 0.25) is 0 Å². The van der Waals surface area contributed by atoms with E-state index >= 15 is 0 Å². The van der Waals surface area contributed by atoms with Crippen LogP contribution in [-0.4, -0.2) is 45.8 Å². The van der Waals surface area contributed by atoms with Gasteiger partial charge in [0, 0.05) is 19.6 Å². The molecule has 0 amide bonds. The SMILES string of the molecule is CCc1nn(C)c(NC2CCN(C)C2)c1[N+](=O)[O-]. The van der Waals surface area contributed by atoms with Crippen LogP contribution in [0.15, 0.2) is 0 Å². The third kappa shape index (κ3) is 2.31. The van der Waals surface area contributed by atoms with Crippen LogP contribution in [0.3, 0.4) is 0 Å². The molecule has 2 rings (SSSR count). The van der Waals surface area contributed by atoms with Crippen LogP contribution in [0.4, 0.5) is 11.5 Å². The Balaban J connectivity index is 2.26. The highest BCUT2D eigenvalue weighted by Crippen LogP contribution is 2.29. The van der Waals surface area contributed by atoms with Gasteiger partial charge in [0.1, 0.15) is 5.69 Å². The van der Waals surface area contributed by atoms with Gasteiger partial charge in [-0.05, 0) is 26.4 Å². The zero-order valence-corrected chi connectivity index (χ0v) is 11.0. The lowest BCUT2D eigenvalue weighted by Gasteiger charge is -2.13. The number of likely N-dealkylation sites (N-methyl/N-ethyl adjacent to an activating group) is 1. The first kappa shape index (κ1) is 12.8. The Morgan fingerprint density at radius 1 is 1.56 bits per heavy atom. The molecule has 1 aliphatic rings. The molecule has 0 bridgehead atoms. The summed E-state index contributed by atoms with van der Waals surface area (Å²) in [6, 6.07) is 0.258. The third-order valence-corrected chi connectivity index (χ3v) is 3.34. The Kier molecular flexibility index (Phi) is 3.51. The molecular weight excluding hydrogens is 234 g/mol. The number of nitrogens with zero attached hydrogens (tertiary/aromatic N) is 4. The van der Waals surface area contributed by atoms with Gasteiger partial charge in [0.05, 0.1) is 4.92 Å². The fourth-order valence-electron chi connectivity index (χ4n) is 2.41. The van der Waals surface area contributed by atoms with Gasteiger partial charge in [0.25, 0.3) is 0 Å². The molecule has 1 N–H and O–H groups in total. The van der Waals surface area contributed by atoms with Gasteiger partial charge in [-0.2, -0.15) is 5.10 Å². The lowest BCUT2D eigenvalue weighted by molar-refractivity contribution is -0.384. The van der Waals surface area contributed by atoms with Gasteiger partial charge in [0.2, 0.25) is 5.82 Å². The Morgan fingerprint density at radius 2 is 2.28 bits per heavy atom. The van der Waals surface area contributed by atoms with Crippen LogP contribution in [0.1, 0.15) is 19.0 Å². The Hall–Kier alpha value is -1.63. The maximum absolute atomic E-state index is 11.2. The van der Waals surface area contributed by atoms with Crippen LogP contribution >= 0.6 is 0 Å². The molecule has 0 radical (unpaired) electrons. The maximum Gasteiger partial charge on any atom is 0.333 e. The van der Waals surface area contributed by atoms with Crippen molar-refractivity contribution in [2.75, 3.05) is 25.5 Å². The van der Waals surface area contributed by atoms with Crippen LogP contribution in [0, 0.1) is 10.1 Å². The van der Waals surface area contributed by atoms with Crippen molar-refractivity contribution >= 4 is 11.5 Å². The number of anilines is 1. The largest absolute Gasteiger partial charge is 0.360 e. The van der Waals surface area contributed by atoms with Crippen LogP contribution in [0.25, 0.3) is 0 Å². The standard InChI is InChI=1S/C11H19N5O2/c1-4-9-10(16(17)18)11(15(3)13-9)12-8-5-6-14(2)7-8/h8,12H,4-7H2,1-3H3. The molecule has 0 aromatic carbocycles. The van der Waals surface area contributed by atoms with E-state index in [1.54, 1.807) is 11.7 Å². The average Bonchev–Trinajstić information content (AvgIpc) is 2.84. The summed E-state index contributed by atoms with van der Waals surface area (Å²) >= 11 is 0. The first-order valence-corrected chi connectivity index (χ1v) is 6.18. The first-order chi connectivity index (χ1) is 8.52. The monoisotopic (exact) mass is 253 g/mol. The second kappa shape index (κ2) is 4.93. The van der Waals surface area contributed by atoms with E-state index in [0.29, 0.717) is 17.9 Å². The molecule has 7 heteroatoms. The molecule has 1 atom stereocenters. The van der Waals surface area contributed by atoms with Crippen LogP contribution < -0.4 is 5.32 Å². The van der Waals surface area contributed by atoms with Gasteiger partial charge >= 0.3 is 5.69 Å². The third-order valence-electron chi connectivity index (χ3n) is 3.34. The molecule has 7 nitrogen and oxygen atoms in total. The van der Waals surface area contributed by atoms with E-state index < -0.39 is 0 Å². The van der Waals surface area contributed by atoms with Crippen LogP contribution in [-0.2, 0) is 13.5 Å². The van der Waals surface area contributed by atoms with E-state index in [2.05, 4.69) is 22.4 Å². The van der Waals surface area contributed by atoms with Gasteiger partial charge in [-0.1, -0.05) is 6.92 Å².